The molecule has 8 nitrogen and oxygen atoms in total. The molecule has 5 aromatic rings. The van der Waals surface area contributed by atoms with Gasteiger partial charge in [-0.15, -0.1) is 0 Å². The summed E-state index contributed by atoms with van der Waals surface area (Å²) in [5, 5.41) is 12.1. The average molecular weight is 704 g/mol. The van der Waals surface area contributed by atoms with Crippen LogP contribution in [0.15, 0.2) is 60.7 Å². The lowest BCUT2D eigenvalue weighted by Gasteiger charge is -2.15. The van der Waals surface area contributed by atoms with Gasteiger partial charge in [0.1, 0.15) is 11.4 Å². The Kier molecular flexibility index (Phi) is 12.1. The molecule has 0 atom stereocenters. The molecule has 0 saturated heterocycles. The topological polar surface area (TPSA) is 79.5 Å². The van der Waals surface area contributed by atoms with Crippen LogP contribution < -0.4 is 10.1 Å². The first-order valence-corrected chi connectivity index (χ1v) is 17.8. The summed E-state index contributed by atoms with van der Waals surface area (Å²) in [5.41, 5.74) is 6.70. The first-order valence-electron chi connectivity index (χ1n) is 16.7. The number of unbranched alkanes of at least 4 members (excludes halogenated alkanes) is 1. The number of halogens is 1. The molecule has 0 fully saturated rings. The van der Waals surface area contributed by atoms with Gasteiger partial charge in [0.05, 0.1) is 42.8 Å². The van der Waals surface area contributed by atoms with Crippen LogP contribution >= 0.6 is 15.9 Å². The van der Waals surface area contributed by atoms with E-state index in [9.17, 15) is 4.79 Å². The van der Waals surface area contributed by atoms with Crippen molar-refractivity contribution in [3.8, 4) is 16.9 Å². The molecule has 0 unspecified atom stereocenters. The summed E-state index contributed by atoms with van der Waals surface area (Å²) in [7, 11) is 3.94. The van der Waals surface area contributed by atoms with E-state index in [2.05, 4.69) is 62.2 Å². The zero-order valence-corrected chi connectivity index (χ0v) is 29.9. The molecule has 2 aromatic heterocycles. The van der Waals surface area contributed by atoms with Crippen LogP contribution in [0.1, 0.15) is 67.5 Å². The molecule has 0 radical (unpaired) electrons. The summed E-state index contributed by atoms with van der Waals surface area (Å²) >= 11 is 3.73. The molecule has 2 heterocycles. The third kappa shape index (κ3) is 7.74. The minimum atomic E-state index is -0.288. The molecule has 0 aliphatic rings. The molecule has 0 aliphatic carbocycles. The zero-order chi connectivity index (χ0) is 33.3. The molecule has 0 amide bonds. The maximum atomic E-state index is 13.8. The van der Waals surface area contributed by atoms with Crippen molar-refractivity contribution in [2.75, 3.05) is 26.8 Å². The highest BCUT2D eigenvalue weighted by Crippen LogP contribution is 2.39. The molecule has 250 valence electrons. The minimum Gasteiger partial charge on any atom is -0.493 e. The predicted molar refractivity (Wildman–Crippen MR) is 194 cm³/mol. The van der Waals surface area contributed by atoms with Crippen molar-refractivity contribution in [2.24, 2.45) is 7.05 Å². The number of fused-ring (bicyclic) bond motifs is 2. The van der Waals surface area contributed by atoms with Gasteiger partial charge in [0.15, 0.2) is 0 Å². The second kappa shape index (κ2) is 16.4. The van der Waals surface area contributed by atoms with Gasteiger partial charge in [-0.25, -0.2) is 4.79 Å². The summed E-state index contributed by atoms with van der Waals surface area (Å²) in [6.45, 7) is 8.77. The van der Waals surface area contributed by atoms with Crippen LogP contribution in [0.5, 0.6) is 5.75 Å². The fourth-order valence-corrected chi connectivity index (χ4v) is 6.99. The van der Waals surface area contributed by atoms with Crippen LogP contribution in [0.25, 0.3) is 32.8 Å². The Morgan fingerprint density at radius 2 is 1.77 bits per heavy atom. The highest BCUT2D eigenvalue weighted by molar-refractivity contribution is 9.08. The first-order chi connectivity index (χ1) is 22.9. The second-order valence-electron chi connectivity index (χ2n) is 12.0. The maximum absolute atomic E-state index is 13.8. The Morgan fingerprint density at radius 3 is 2.53 bits per heavy atom. The molecule has 5 rings (SSSR count). The molecule has 47 heavy (non-hydrogen) atoms. The van der Waals surface area contributed by atoms with E-state index < -0.39 is 0 Å². The van der Waals surface area contributed by atoms with E-state index in [0.29, 0.717) is 43.8 Å². The minimum absolute atomic E-state index is 0.0715. The van der Waals surface area contributed by atoms with E-state index in [1.807, 2.05) is 63.8 Å². The number of hydrogen-bond donors (Lipinski definition) is 1. The fraction of sp³-hybridized carbons (Fsp3) is 0.421. The average Bonchev–Trinajstić information content (AvgIpc) is 3.57. The highest BCUT2D eigenvalue weighted by atomic mass is 79.9. The lowest BCUT2D eigenvalue weighted by atomic mass is 9.98. The Bertz CT molecular complexity index is 1800. The third-order valence-electron chi connectivity index (χ3n) is 8.48. The molecule has 0 spiro atoms. The normalized spacial score (nSPS) is 11.6. The number of carbonyl (C=O) groups is 1. The summed E-state index contributed by atoms with van der Waals surface area (Å²) in [4.78, 5) is 13.8. The summed E-state index contributed by atoms with van der Waals surface area (Å²) in [6, 6.07) is 20.8. The number of rotatable bonds is 17. The van der Waals surface area contributed by atoms with Gasteiger partial charge >= 0.3 is 5.97 Å². The van der Waals surface area contributed by atoms with Crippen molar-refractivity contribution in [3.63, 3.8) is 0 Å². The summed E-state index contributed by atoms with van der Waals surface area (Å²) < 4.78 is 22.3. The number of carbonyl (C=O) groups excluding carboxylic acids is 1. The monoisotopic (exact) mass is 702 g/mol. The van der Waals surface area contributed by atoms with Crippen molar-refractivity contribution < 1.29 is 19.0 Å². The number of alkyl halides is 1. The number of aromatic nitrogens is 3. The molecule has 9 heteroatoms. The van der Waals surface area contributed by atoms with E-state index in [0.717, 1.165) is 81.3 Å². The van der Waals surface area contributed by atoms with E-state index >= 15 is 0 Å². The SMILES string of the molecule is CCOC(=O)c1c(CCCOc2cccc3ccccc23)c2cccc(-c3c(COC(C)C)nn(C)c3CBr)c2n1CCCCNC. The predicted octanol–water partition coefficient (Wildman–Crippen LogP) is 8.20. The number of hydrogen-bond acceptors (Lipinski definition) is 6. The Balaban J connectivity index is 1.60. The first kappa shape index (κ1) is 34.7. The lowest BCUT2D eigenvalue weighted by Crippen LogP contribution is -2.16. The van der Waals surface area contributed by atoms with Crippen molar-refractivity contribution in [1.82, 2.24) is 19.7 Å². The van der Waals surface area contributed by atoms with Gasteiger partial charge < -0.3 is 24.1 Å². The largest absolute Gasteiger partial charge is 0.493 e. The number of ether oxygens (including phenoxy) is 3. The van der Waals surface area contributed by atoms with Gasteiger partial charge in [-0.05, 0) is 77.1 Å². The van der Waals surface area contributed by atoms with Crippen LogP contribution in [-0.2, 0) is 41.4 Å². The molecule has 0 aliphatic heterocycles. The van der Waals surface area contributed by atoms with Crippen LogP contribution in [0.3, 0.4) is 0 Å². The fourth-order valence-electron chi connectivity index (χ4n) is 6.35. The Labute approximate surface area is 286 Å². The number of nitrogens with zero attached hydrogens (tertiary/aromatic N) is 3. The smallest absolute Gasteiger partial charge is 0.355 e. The molecule has 1 N–H and O–H groups in total. The van der Waals surface area contributed by atoms with Gasteiger partial charge in [0.25, 0.3) is 0 Å². The van der Waals surface area contributed by atoms with E-state index in [-0.39, 0.29) is 12.1 Å². The van der Waals surface area contributed by atoms with Crippen LogP contribution in [-0.4, -0.2) is 53.2 Å². The van der Waals surface area contributed by atoms with Crippen LogP contribution in [0, 0.1) is 0 Å². The molecular weight excluding hydrogens is 656 g/mol. The van der Waals surface area contributed by atoms with E-state index in [4.69, 9.17) is 19.3 Å². The van der Waals surface area contributed by atoms with Crippen molar-refractivity contribution in [1.29, 1.82) is 0 Å². The van der Waals surface area contributed by atoms with Crippen molar-refractivity contribution in [2.45, 2.75) is 71.0 Å². The molecular formula is C38H47BrN4O4. The van der Waals surface area contributed by atoms with Gasteiger partial charge in [0.2, 0.25) is 0 Å². The van der Waals surface area contributed by atoms with E-state index in [1.54, 1.807) is 0 Å². The van der Waals surface area contributed by atoms with Crippen molar-refractivity contribution >= 4 is 43.6 Å². The summed E-state index contributed by atoms with van der Waals surface area (Å²) in [5.74, 6) is 0.585. The van der Waals surface area contributed by atoms with Gasteiger partial charge in [0, 0.05) is 40.8 Å². The van der Waals surface area contributed by atoms with E-state index in [1.165, 1.54) is 0 Å². The van der Waals surface area contributed by atoms with Gasteiger partial charge in [-0.2, -0.15) is 5.10 Å². The van der Waals surface area contributed by atoms with Crippen molar-refractivity contribution in [3.05, 3.63) is 83.3 Å². The van der Waals surface area contributed by atoms with Gasteiger partial charge in [-0.3, -0.25) is 4.68 Å². The Hall–Kier alpha value is -3.66. The molecule has 3 aromatic carbocycles. The second-order valence-corrected chi connectivity index (χ2v) is 12.6. The number of benzene rings is 3. The Morgan fingerprint density at radius 1 is 1.00 bits per heavy atom. The number of nitrogens with one attached hydrogen (secondary N) is 1. The number of aryl methyl sites for hydroxylation is 3. The van der Waals surface area contributed by atoms with Crippen LogP contribution in [0.2, 0.25) is 0 Å². The standard InChI is InChI=1S/C38H47BrN4O4/c1-6-45-38(44)37-30(19-13-23-46-34-20-11-15-27-14-7-8-16-28(27)34)29-17-12-18-31(36(29)43(37)22-10-9-21-40-4)35-32(25-47-26(2)3)41-42(5)33(35)24-39/h7-8,11-12,14-18,20,26,40H,6,9-10,13,19,21-25H2,1-5H3. The molecule has 0 saturated carbocycles. The third-order valence-corrected chi connectivity index (χ3v) is 9.01. The quantitative estimate of drug-likeness (QED) is 0.0598. The number of esters is 1. The molecule has 0 bridgehead atoms. The highest BCUT2D eigenvalue weighted by Gasteiger charge is 2.28. The maximum Gasteiger partial charge on any atom is 0.355 e. The van der Waals surface area contributed by atoms with Crippen LogP contribution in [0.4, 0.5) is 0 Å². The summed E-state index contributed by atoms with van der Waals surface area (Å²) in [6.07, 6.45) is 3.39. The zero-order valence-electron chi connectivity index (χ0n) is 28.3. The lowest BCUT2D eigenvalue weighted by molar-refractivity contribution is 0.0512. The number of para-hydroxylation sites is 1. The van der Waals surface area contributed by atoms with Gasteiger partial charge in [-0.1, -0.05) is 70.5 Å².